The SMILES string of the molecule is CN1/C(=C\C=C\c2oc3ccc4ccccc4c3[n+]2C)Oc2ccc3ccccc3c21.[I-]. The lowest BCUT2D eigenvalue weighted by Crippen LogP contribution is -3.00. The minimum absolute atomic E-state index is 0. The summed E-state index contributed by atoms with van der Waals surface area (Å²) in [5.41, 5.74) is 3.07. The highest BCUT2D eigenvalue weighted by Crippen LogP contribution is 2.43. The fourth-order valence-electron chi connectivity index (χ4n) is 4.41. The zero-order valence-electron chi connectivity index (χ0n) is 17.7. The van der Waals surface area contributed by atoms with Crippen molar-refractivity contribution in [1.82, 2.24) is 0 Å². The Labute approximate surface area is 203 Å². The standard InChI is InChI=1S/C27H21N2O2.HI/c1-28-24(30-22-16-14-18-8-3-5-10-20(18)26(22)28)12-7-13-25-29(2)27-21-11-6-4-9-19(21)15-17-23(27)31-25;/h3-17H,1-2H3;1H/q+1;/p-1. The van der Waals surface area contributed by atoms with E-state index < -0.39 is 0 Å². The van der Waals surface area contributed by atoms with Gasteiger partial charge in [-0.3, -0.25) is 0 Å². The lowest BCUT2D eigenvalue weighted by atomic mass is 10.1. The number of aryl methyl sites for hydroxylation is 1. The molecule has 1 aliphatic heterocycles. The number of hydrogen-bond acceptors (Lipinski definition) is 3. The van der Waals surface area contributed by atoms with Crippen molar-refractivity contribution in [2.75, 3.05) is 11.9 Å². The van der Waals surface area contributed by atoms with Crippen LogP contribution < -0.4 is 38.2 Å². The maximum atomic E-state index is 6.11. The van der Waals surface area contributed by atoms with Crippen molar-refractivity contribution in [1.29, 1.82) is 0 Å². The number of rotatable bonds is 2. The summed E-state index contributed by atoms with van der Waals surface area (Å²) < 4.78 is 14.3. The Morgan fingerprint density at radius 3 is 2.34 bits per heavy atom. The monoisotopic (exact) mass is 532 g/mol. The molecule has 0 N–H and O–H groups in total. The first-order valence-electron chi connectivity index (χ1n) is 10.3. The van der Waals surface area contributed by atoms with Crippen LogP contribution in [0.1, 0.15) is 5.89 Å². The second-order valence-electron chi connectivity index (χ2n) is 7.79. The molecule has 0 amide bonds. The van der Waals surface area contributed by atoms with E-state index in [0.29, 0.717) is 0 Å². The molecule has 1 aliphatic rings. The Hall–Kier alpha value is -3.32. The molecule has 0 spiro atoms. The summed E-state index contributed by atoms with van der Waals surface area (Å²) in [5.74, 6) is 2.44. The molecule has 0 saturated heterocycles. The third-order valence-electron chi connectivity index (χ3n) is 5.97. The molecular weight excluding hydrogens is 511 g/mol. The molecule has 0 radical (unpaired) electrons. The van der Waals surface area contributed by atoms with Gasteiger partial charge in [-0.25, -0.2) is 0 Å². The lowest BCUT2D eigenvalue weighted by molar-refractivity contribution is -0.651. The molecule has 158 valence electrons. The quantitative estimate of drug-likeness (QED) is 0.259. The van der Waals surface area contributed by atoms with Gasteiger partial charge < -0.3 is 38.0 Å². The Morgan fingerprint density at radius 1 is 0.844 bits per heavy atom. The van der Waals surface area contributed by atoms with Crippen LogP contribution in [0, 0.1) is 0 Å². The Morgan fingerprint density at radius 2 is 1.53 bits per heavy atom. The largest absolute Gasteiger partial charge is 1.00 e. The van der Waals surface area contributed by atoms with E-state index in [9.17, 15) is 0 Å². The van der Waals surface area contributed by atoms with E-state index in [-0.39, 0.29) is 24.0 Å². The average Bonchev–Trinajstić information content (AvgIpc) is 3.31. The fraction of sp³-hybridized carbons (Fsp3) is 0.0741. The van der Waals surface area contributed by atoms with Crippen LogP contribution in [0.2, 0.25) is 0 Å². The van der Waals surface area contributed by atoms with Crippen LogP contribution in [0.25, 0.3) is 38.7 Å². The van der Waals surface area contributed by atoms with Crippen LogP contribution >= 0.6 is 0 Å². The van der Waals surface area contributed by atoms with Crippen molar-refractivity contribution in [3.8, 4) is 5.75 Å². The number of allylic oxidation sites excluding steroid dienone is 2. The number of nitrogens with zero attached hydrogens (tertiary/aromatic N) is 2. The van der Waals surface area contributed by atoms with Crippen molar-refractivity contribution < 1.29 is 37.7 Å². The number of benzene rings is 4. The molecule has 0 unspecified atom stereocenters. The van der Waals surface area contributed by atoms with Crippen LogP contribution in [0.5, 0.6) is 5.75 Å². The molecule has 0 fully saturated rings. The summed E-state index contributed by atoms with van der Waals surface area (Å²) in [4.78, 5) is 2.09. The first kappa shape index (κ1) is 20.6. The van der Waals surface area contributed by atoms with Gasteiger partial charge in [0.05, 0.1) is 17.1 Å². The zero-order chi connectivity index (χ0) is 20.9. The number of anilines is 1. The second-order valence-corrected chi connectivity index (χ2v) is 7.79. The summed E-state index contributed by atoms with van der Waals surface area (Å²) in [6, 6.07) is 25.0. The van der Waals surface area contributed by atoms with Crippen LogP contribution in [-0.2, 0) is 7.05 Å². The summed E-state index contributed by atoms with van der Waals surface area (Å²) in [5, 5.41) is 4.78. The summed E-state index contributed by atoms with van der Waals surface area (Å²) in [6.07, 6.45) is 5.92. The van der Waals surface area contributed by atoms with E-state index in [0.717, 1.165) is 34.3 Å². The van der Waals surface area contributed by atoms with Crippen molar-refractivity contribution in [3.05, 3.63) is 96.7 Å². The topological polar surface area (TPSA) is 29.5 Å². The van der Waals surface area contributed by atoms with E-state index in [1.54, 1.807) is 0 Å². The van der Waals surface area contributed by atoms with Gasteiger partial charge in [-0.05, 0) is 41.1 Å². The molecule has 32 heavy (non-hydrogen) atoms. The highest BCUT2D eigenvalue weighted by molar-refractivity contribution is 6.01. The number of oxazole rings is 1. The van der Waals surface area contributed by atoms with E-state index in [1.807, 2.05) is 44.5 Å². The molecular formula is C27H21IN2O2. The van der Waals surface area contributed by atoms with Crippen LogP contribution in [0.4, 0.5) is 5.69 Å². The second kappa shape index (κ2) is 7.98. The number of ether oxygens (including phenoxy) is 1. The highest BCUT2D eigenvalue weighted by Gasteiger charge is 2.25. The third-order valence-corrected chi connectivity index (χ3v) is 5.97. The van der Waals surface area contributed by atoms with Crippen molar-refractivity contribution in [2.45, 2.75) is 0 Å². The Kier molecular flexibility index (Phi) is 5.13. The van der Waals surface area contributed by atoms with Gasteiger partial charge in [0.2, 0.25) is 5.58 Å². The van der Waals surface area contributed by atoms with Gasteiger partial charge in [0.25, 0.3) is 5.52 Å². The first-order valence-corrected chi connectivity index (χ1v) is 10.3. The molecule has 0 aliphatic carbocycles. The van der Waals surface area contributed by atoms with Gasteiger partial charge in [-0.15, -0.1) is 0 Å². The molecule has 1 aromatic heterocycles. The molecule has 4 nitrogen and oxygen atoms in total. The third kappa shape index (κ3) is 3.15. The Bertz CT molecular complexity index is 1550. The molecule has 0 bridgehead atoms. The van der Waals surface area contributed by atoms with Gasteiger partial charge in [-0.2, -0.15) is 4.57 Å². The molecule has 5 aromatic rings. The highest BCUT2D eigenvalue weighted by atomic mass is 127. The van der Waals surface area contributed by atoms with Gasteiger partial charge in [0.15, 0.2) is 11.6 Å². The molecule has 2 heterocycles. The molecule has 0 saturated carbocycles. The fourth-order valence-corrected chi connectivity index (χ4v) is 4.41. The van der Waals surface area contributed by atoms with E-state index in [4.69, 9.17) is 9.15 Å². The first-order chi connectivity index (χ1) is 15.2. The average molecular weight is 532 g/mol. The predicted octanol–water partition coefficient (Wildman–Crippen LogP) is 2.95. The Balaban J connectivity index is 0.00000216. The maximum absolute atomic E-state index is 6.11. The smallest absolute Gasteiger partial charge is 0.373 e. The van der Waals surface area contributed by atoms with Crippen molar-refractivity contribution >= 4 is 44.4 Å². The minimum atomic E-state index is 0. The van der Waals surface area contributed by atoms with Crippen LogP contribution in [0.15, 0.2) is 95.2 Å². The van der Waals surface area contributed by atoms with Crippen LogP contribution in [-0.4, -0.2) is 7.05 Å². The summed E-state index contributed by atoms with van der Waals surface area (Å²) in [6.45, 7) is 0. The summed E-state index contributed by atoms with van der Waals surface area (Å²) in [7, 11) is 4.07. The summed E-state index contributed by atoms with van der Waals surface area (Å²) >= 11 is 0. The van der Waals surface area contributed by atoms with Gasteiger partial charge in [0.1, 0.15) is 7.05 Å². The van der Waals surface area contributed by atoms with Gasteiger partial charge in [-0.1, -0.05) is 54.6 Å². The van der Waals surface area contributed by atoms with Gasteiger partial charge in [0, 0.05) is 12.4 Å². The van der Waals surface area contributed by atoms with Crippen molar-refractivity contribution in [3.63, 3.8) is 0 Å². The number of hydrogen-bond donors (Lipinski definition) is 0. The molecule has 6 rings (SSSR count). The van der Waals surface area contributed by atoms with Crippen LogP contribution in [0.3, 0.4) is 0 Å². The van der Waals surface area contributed by atoms with Gasteiger partial charge >= 0.3 is 5.89 Å². The molecule has 0 atom stereocenters. The normalized spacial score (nSPS) is 14.4. The molecule has 4 aromatic carbocycles. The number of aromatic nitrogens is 1. The van der Waals surface area contributed by atoms with Crippen molar-refractivity contribution in [2.24, 2.45) is 7.05 Å². The maximum Gasteiger partial charge on any atom is 0.373 e. The number of halogens is 1. The van der Waals surface area contributed by atoms with E-state index in [2.05, 4.69) is 70.1 Å². The number of fused-ring (bicyclic) bond motifs is 6. The molecule has 5 heteroatoms. The minimum Gasteiger partial charge on any atom is -1.00 e. The van der Waals surface area contributed by atoms with E-state index >= 15 is 0 Å². The zero-order valence-corrected chi connectivity index (χ0v) is 19.9. The predicted molar refractivity (Wildman–Crippen MR) is 125 cm³/mol. The lowest BCUT2D eigenvalue weighted by Gasteiger charge is -2.12. The van der Waals surface area contributed by atoms with E-state index in [1.165, 1.54) is 21.5 Å².